The van der Waals surface area contributed by atoms with E-state index in [1.807, 2.05) is 18.3 Å². The van der Waals surface area contributed by atoms with Crippen LogP contribution in [0, 0.1) is 0 Å². The molecule has 1 aromatic carbocycles. The van der Waals surface area contributed by atoms with E-state index in [2.05, 4.69) is 39.5 Å². The molecule has 1 aliphatic rings. The Kier molecular flexibility index (Phi) is 6.18. The first-order valence-corrected chi connectivity index (χ1v) is 8.50. The molecule has 128 valence electrons. The number of rotatable bonds is 7. The zero-order valence-electron chi connectivity index (χ0n) is 13.9. The van der Waals surface area contributed by atoms with E-state index in [9.17, 15) is 5.11 Å². The number of aliphatic hydroxyl groups is 1. The number of anilines is 1. The minimum absolute atomic E-state index is 0.0641. The molecule has 2 aromatic rings. The second kappa shape index (κ2) is 8.78. The van der Waals surface area contributed by atoms with Crippen molar-refractivity contribution in [2.75, 3.05) is 44.4 Å². The summed E-state index contributed by atoms with van der Waals surface area (Å²) in [6.45, 7) is 5.07. The fourth-order valence-electron chi connectivity index (χ4n) is 3.06. The van der Waals surface area contributed by atoms with Crippen LogP contribution in [0.3, 0.4) is 0 Å². The Bertz CT molecular complexity index is 615. The molecule has 0 aliphatic carbocycles. The van der Waals surface area contributed by atoms with Gasteiger partial charge in [-0.05, 0) is 23.3 Å². The van der Waals surface area contributed by atoms with E-state index in [0.29, 0.717) is 0 Å². The van der Waals surface area contributed by atoms with E-state index < -0.39 is 0 Å². The highest BCUT2D eigenvalue weighted by Gasteiger charge is 2.15. The lowest BCUT2D eigenvalue weighted by Crippen LogP contribution is -2.37. The molecule has 1 atom stereocenters. The summed E-state index contributed by atoms with van der Waals surface area (Å²) in [5.41, 5.74) is 3.62. The first kappa shape index (κ1) is 16.9. The summed E-state index contributed by atoms with van der Waals surface area (Å²) in [5, 5.41) is 13.1. The molecule has 1 aliphatic heterocycles. The molecule has 1 saturated heterocycles. The fourth-order valence-corrected chi connectivity index (χ4v) is 3.06. The normalized spacial score (nSPS) is 16.1. The molecule has 3 rings (SSSR count). The van der Waals surface area contributed by atoms with Gasteiger partial charge >= 0.3 is 0 Å². The Balaban J connectivity index is 1.60. The molecule has 0 saturated carbocycles. The van der Waals surface area contributed by atoms with Gasteiger partial charge in [0.05, 0.1) is 19.8 Å². The summed E-state index contributed by atoms with van der Waals surface area (Å²) in [6.07, 6.45) is 3.58. The quantitative estimate of drug-likeness (QED) is 0.812. The highest BCUT2D eigenvalue weighted by molar-refractivity contribution is 5.53. The summed E-state index contributed by atoms with van der Waals surface area (Å²) in [6, 6.07) is 12.4. The summed E-state index contributed by atoms with van der Waals surface area (Å²) in [5.74, 6) is 0.0641. The number of morpholine rings is 1. The van der Waals surface area contributed by atoms with E-state index in [4.69, 9.17) is 4.74 Å². The Morgan fingerprint density at radius 2 is 2.00 bits per heavy atom. The van der Waals surface area contributed by atoms with Crippen LogP contribution in [0.4, 0.5) is 5.69 Å². The molecule has 5 heteroatoms. The van der Waals surface area contributed by atoms with E-state index in [1.165, 1.54) is 11.3 Å². The van der Waals surface area contributed by atoms with E-state index in [-0.39, 0.29) is 12.5 Å². The third-order valence-electron chi connectivity index (χ3n) is 4.43. The van der Waals surface area contributed by atoms with Gasteiger partial charge in [-0.3, -0.25) is 4.98 Å². The Morgan fingerprint density at radius 1 is 1.17 bits per heavy atom. The van der Waals surface area contributed by atoms with Crippen LogP contribution in [0.1, 0.15) is 17.0 Å². The summed E-state index contributed by atoms with van der Waals surface area (Å²) in [4.78, 5) is 6.52. The monoisotopic (exact) mass is 327 g/mol. The van der Waals surface area contributed by atoms with Gasteiger partial charge in [-0.1, -0.05) is 24.3 Å². The van der Waals surface area contributed by atoms with Gasteiger partial charge in [0.1, 0.15) is 0 Å². The number of nitrogens with zero attached hydrogens (tertiary/aromatic N) is 2. The van der Waals surface area contributed by atoms with Crippen LogP contribution >= 0.6 is 0 Å². The lowest BCUT2D eigenvalue weighted by Gasteiger charge is -2.30. The summed E-state index contributed by atoms with van der Waals surface area (Å²) >= 11 is 0. The second-order valence-electron chi connectivity index (χ2n) is 6.02. The lowest BCUT2D eigenvalue weighted by atomic mass is 10.0. The van der Waals surface area contributed by atoms with Gasteiger partial charge in [-0.15, -0.1) is 0 Å². The number of pyridine rings is 1. The third kappa shape index (κ3) is 4.32. The number of para-hydroxylation sites is 1. The van der Waals surface area contributed by atoms with Crippen LogP contribution in [0.5, 0.6) is 0 Å². The SMILES string of the molecule is OCC(CNCc1ccccc1N1CCOCC1)c1cccnc1. The van der Waals surface area contributed by atoms with Gasteiger partial charge in [-0.2, -0.15) is 0 Å². The highest BCUT2D eigenvalue weighted by Crippen LogP contribution is 2.21. The van der Waals surface area contributed by atoms with Gasteiger partial charge in [0.2, 0.25) is 0 Å². The number of aliphatic hydroxyl groups excluding tert-OH is 1. The van der Waals surface area contributed by atoms with Crippen LogP contribution in [-0.4, -0.2) is 49.5 Å². The predicted molar refractivity (Wildman–Crippen MR) is 95.2 cm³/mol. The molecule has 1 unspecified atom stereocenters. The number of hydrogen-bond acceptors (Lipinski definition) is 5. The molecule has 0 radical (unpaired) electrons. The molecular formula is C19H25N3O2. The minimum Gasteiger partial charge on any atom is -0.396 e. The van der Waals surface area contributed by atoms with Gasteiger partial charge < -0.3 is 20.1 Å². The lowest BCUT2D eigenvalue weighted by molar-refractivity contribution is 0.122. The minimum atomic E-state index is 0.0641. The zero-order valence-corrected chi connectivity index (χ0v) is 13.9. The Labute approximate surface area is 143 Å². The average Bonchev–Trinajstić information content (AvgIpc) is 2.67. The largest absolute Gasteiger partial charge is 0.396 e. The van der Waals surface area contributed by atoms with Crippen molar-refractivity contribution in [1.82, 2.24) is 10.3 Å². The molecule has 0 bridgehead atoms. The van der Waals surface area contributed by atoms with Crippen molar-refractivity contribution < 1.29 is 9.84 Å². The average molecular weight is 327 g/mol. The van der Waals surface area contributed by atoms with Crippen molar-refractivity contribution in [2.24, 2.45) is 0 Å². The molecule has 2 N–H and O–H groups in total. The smallest absolute Gasteiger partial charge is 0.0642 e. The van der Waals surface area contributed by atoms with Gasteiger partial charge in [0.15, 0.2) is 0 Å². The van der Waals surface area contributed by atoms with Crippen LogP contribution < -0.4 is 10.2 Å². The maximum atomic E-state index is 9.65. The molecule has 0 spiro atoms. The van der Waals surface area contributed by atoms with Gasteiger partial charge in [0, 0.05) is 50.2 Å². The van der Waals surface area contributed by atoms with Crippen LogP contribution in [0.2, 0.25) is 0 Å². The number of hydrogen-bond donors (Lipinski definition) is 2. The second-order valence-corrected chi connectivity index (χ2v) is 6.02. The summed E-state index contributed by atoms with van der Waals surface area (Å²) in [7, 11) is 0. The van der Waals surface area contributed by atoms with Crippen molar-refractivity contribution in [3.8, 4) is 0 Å². The van der Waals surface area contributed by atoms with Gasteiger partial charge in [-0.25, -0.2) is 0 Å². The van der Waals surface area contributed by atoms with E-state index in [1.54, 1.807) is 6.20 Å². The molecule has 5 nitrogen and oxygen atoms in total. The van der Waals surface area contributed by atoms with Crippen molar-refractivity contribution in [3.05, 3.63) is 59.9 Å². The number of nitrogens with one attached hydrogen (secondary N) is 1. The maximum Gasteiger partial charge on any atom is 0.0642 e. The molecular weight excluding hydrogens is 302 g/mol. The molecule has 1 aromatic heterocycles. The fraction of sp³-hybridized carbons (Fsp3) is 0.421. The summed E-state index contributed by atoms with van der Waals surface area (Å²) < 4.78 is 5.45. The van der Waals surface area contributed by atoms with Crippen molar-refractivity contribution in [1.29, 1.82) is 0 Å². The van der Waals surface area contributed by atoms with E-state index >= 15 is 0 Å². The zero-order chi connectivity index (χ0) is 16.6. The van der Waals surface area contributed by atoms with Crippen molar-refractivity contribution >= 4 is 5.69 Å². The number of benzene rings is 1. The first-order chi connectivity index (χ1) is 11.9. The molecule has 2 heterocycles. The van der Waals surface area contributed by atoms with Crippen LogP contribution in [0.25, 0.3) is 0 Å². The van der Waals surface area contributed by atoms with Gasteiger partial charge in [0.25, 0.3) is 0 Å². The first-order valence-electron chi connectivity index (χ1n) is 8.50. The predicted octanol–water partition coefficient (Wildman–Crippen LogP) is 1.78. The van der Waals surface area contributed by atoms with E-state index in [0.717, 1.165) is 45.0 Å². The third-order valence-corrected chi connectivity index (χ3v) is 4.43. The van der Waals surface area contributed by atoms with Crippen LogP contribution in [0.15, 0.2) is 48.8 Å². The number of ether oxygens (including phenoxy) is 1. The Morgan fingerprint density at radius 3 is 2.75 bits per heavy atom. The highest BCUT2D eigenvalue weighted by atomic mass is 16.5. The van der Waals surface area contributed by atoms with Crippen molar-refractivity contribution in [3.63, 3.8) is 0 Å². The van der Waals surface area contributed by atoms with Crippen molar-refractivity contribution in [2.45, 2.75) is 12.5 Å². The standard InChI is InChI=1S/C19H25N3O2/c23-15-18(16-5-3-7-20-12-16)14-21-13-17-4-1-2-6-19(17)22-8-10-24-11-9-22/h1-7,12,18,21,23H,8-11,13-15H2. The molecule has 1 fully saturated rings. The topological polar surface area (TPSA) is 57.6 Å². The maximum absolute atomic E-state index is 9.65. The Hall–Kier alpha value is -1.95. The molecule has 24 heavy (non-hydrogen) atoms. The molecule has 0 amide bonds. The van der Waals surface area contributed by atoms with Crippen LogP contribution in [-0.2, 0) is 11.3 Å². The number of aromatic nitrogens is 1.